The summed E-state index contributed by atoms with van der Waals surface area (Å²) < 4.78 is 42.6. The summed E-state index contributed by atoms with van der Waals surface area (Å²) in [5, 5.41) is 0. The second-order valence-corrected chi connectivity index (χ2v) is 3.63. The van der Waals surface area contributed by atoms with Gasteiger partial charge in [0, 0.05) is 18.4 Å². The average molecular weight is 260 g/mol. The molecular weight excluding hydrogens is 249 g/mol. The number of rotatable bonds is 5. The maximum atomic E-state index is 13.1. The van der Waals surface area contributed by atoms with Crippen LogP contribution in [-0.2, 0) is 9.53 Å². The topological polar surface area (TPSA) is 43.4 Å². The molecule has 1 rings (SSSR count). The molecule has 0 amide bonds. The Hall–Kier alpha value is -1.85. The molecule has 0 radical (unpaired) electrons. The van der Waals surface area contributed by atoms with Crippen molar-refractivity contribution >= 4 is 11.8 Å². The average Bonchev–Trinajstić information content (AvgIpc) is 2.35. The zero-order chi connectivity index (χ0) is 13.8. The third-order valence-corrected chi connectivity index (χ3v) is 2.32. The van der Waals surface area contributed by atoms with Crippen LogP contribution in [0.5, 0.6) is 0 Å². The van der Waals surface area contributed by atoms with Gasteiger partial charge in [0.2, 0.25) is 0 Å². The highest BCUT2D eigenvalue weighted by Crippen LogP contribution is 2.23. The fraction of sp³-hybridized carbons (Fsp3) is 0.333. The second-order valence-electron chi connectivity index (χ2n) is 3.63. The Bertz CT molecular complexity index is 440. The number of carbonyl (C=O) groups is 2. The molecular formula is C12H11F3O3. The number of Topliss-reactive ketones (excluding diaryl/α,β-unsaturated/α-hetero) is 1. The Morgan fingerprint density at radius 3 is 2.28 bits per heavy atom. The molecule has 0 aliphatic rings. The number of benzene rings is 1. The van der Waals surface area contributed by atoms with Gasteiger partial charge >= 0.3 is 11.9 Å². The number of ketones is 1. The SMILES string of the molecule is COC(=O)C(F)(F)CCC(=O)c1ccc(F)cc1. The van der Waals surface area contributed by atoms with Crippen molar-refractivity contribution in [3.8, 4) is 0 Å². The van der Waals surface area contributed by atoms with E-state index >= 15 is 0 Å². The number of alkyl halides is 2. The van der Waals surface area contributed by atoms with E-state index in [0.717, 1.165) is 19.2 Å². The van der Waals surface area contributed by atoms with Gasteiger partial charge in [-0.3, -0.25) is 4.79 Å². The number of hydrogen-bond donors (Lipinski definition) is 0. The fourth-order valence-corrected chi connectivity index (χ4v) is 1.30. The maximum absolute atomic E-state index is 13.1. The summed E-state index contributed by atoms with van der Waals surface area (Å²) in [6, 6.07) is 4.53. The molecule has 1 aromatic carbocycles. The molecule has 0 saturated carbocycles. The van der Waals surface area contributed by atoms with Crippen LogP contribution in [-0.4, -0.2) is 24.8 Å². The molecule has 0 unspecified atom stereocenters. The van der Waals surface area contributed by atoms with Crippen molar-refractivity contribution in [1.82, 2.24) is 0 Å². The Labute approximate surface area is 102 Å². The summed E-state index contributed by atoms with van der Waals surface area (Å²) in [5.74, 6) is -6.47. The zero-order valence-corrected chi connectivity index (χ0v) is 9.58. The van der Waals surface area contributed by atoms with Crippen LogP contribution in [0.15, 0.2) is 24.3 Å². The van der Waals surface area contributed by atoms with Crippen molar-refractivity contribution in [2.45, 2.75) is 18.8 Å². The molecule has 0 aliphatic heterocycles. The largest absolute Gasteiger partial charge is 0.465 e. The van der Waals surface area contributed by atoms with Gasteiger partial charge in [-0.15, -0.1) is 0 Å². The highest BCUT2D eigenvalue weighted by atomic mass is 19.3. The van der Waals surface area contributed by atoms with Crippen molar-refractivity contribution in [2.24, 2.45) is 0 Å². The monoisotopic (exact) mass is 260 g/mol. The molecule has 1 aromatic rings. The van der Waals surface area contributed by atoms with Crippen LogP contribution >= 0.6 is 0 Å². The van der Waals surface area contributed by atoms with Crippen LogP contribution < -0.4 is 0 Å². The third-order valence-electron chi connectivity index (χ3n) is 2.32. The van der Waals surface area contributed by atoms with E-state index in [-0.39, 0.29) is 5.56 Å². The van der Waals surface area contributed by atoms with Gasteiger partial charge in [0.1, 0.15) is 5.82 Å². The Balaban J connectivity index is 2.61. The van der Waals surface area contributed by atoms with E-state index in [0.29, 0.717) is 0 Å². The number of hydrogen-bond acceptors (Lipinski definition) is 3. The molecule has 18 heavy (non-hydrogen) atoms. The highest BCUT2D eigenvalue weighted by molar-refractivity contribution is 5.96. The van der Waals surface area contributed by atoms with Gasteiger partial charge < -0.3 is 4.74 Å². The van der Waals surface area contributed by atoms with Gasteiger partial charge in [0.05, 0.1) is 7.11 Å². The van der Waals surface area contributed by atoms with Gasteiger partial charge in [-0.25, -0.2) is 9.18 Å². The van der Waals surface area contributed by atoms with E-state index < -0.39 is 36.3 Å². The van der Waals surface area contributed by atoms with Crippen LogP contribution in [0, 0.1) is 5.82 Å². The predicted molar refractivity (Wildman–Crippen MR) is 56.9 cm³/mol. The molecule has 0 N–H and O–H groups in total. The lowest BCUT2D eigenvalue weighted by Crippen LogP contribution is -2.30. The normalized spacial score (nSPS) is 11.1. The summed E-state index contributed by atoms with van der Waals surface area (Å²) in [5.41, 5.74) is 0.122. The first-order valence-corrected chi connectivity index (χ1v) is 5.12. The van der Waals surface area contributed by atoms with Gasteiger partial charge in [-0.1, -0.05) is 0 Å². The number of ether oxygens (including phenoxy) is 1. The van der Waals surface area contributed by atoms with E-state index in [1.165, 1.54) is 12.1 Å². The van der Waals surface area contributed by atoms with E-state index in [1.54, 1.807) is 0 Å². The molecule has 0 saturated heterocycles. The van der Waals surface area contributed by atoms with Gasteiger partial charge in [-0.05, 0) is 24.3 Å². The minimum absolute atomic E-state index is 0.122. The molecule has 3 nitrogen and oxygen atoms in total. The summed E-state index contributed by atoms with van der Waals surface area (Å²) in [6.07, 6.45) is -1.45. The first-order chi connectivity index (χ1) is 8.36. The summed E-state index contributed by atoms with van der Waals surface area (Å²) in [7, 11) is 0.845. The minimum Gasteiger partial charge on any atom is -0.465 e. The number of methoxy groups -OCH3 is 1. The van der Waals surface area contributed by atoms with Crippen molar-refractivity contribution in [3.63, 3.8) is 0 Å². The van der Waals surface area contributed by atoms with Crippen LogP contribution in [0.2, 0.25) is 0 Å². The van der Waals surface area contributed by atoms with Gasteiger partial charge in [0.25, 0.3) is 0 Å². The van der Waals surface area contributed by atoms with E-state index in [4.69, 9.17) is 0 Å². The Kier molecular flexibility index (Phi) is 4.47. The van der Waals surface area contributed by atoms with Gasteiger partial charge in [0.15, 0.2) is 5.78 Å². The predicted octanol–water partition coefficient (Wildman–Crippen LogP) is 2.60. The lowest BCUT2D eigenvalue weighted by Gasteiger charge is -2.12. The van der Waals surface area contributed by atoms with Crippen molar-refractivity contribution in [1.29, 1.82) is 0 Å². The number of halogens is 3. The van der Waals surface area contributed by atoms with E-state index in [1.807, 2.05) is 0 Å². The summed E-state index contributed by atoms with van der Waals surface area (Å²) >= 11 is 0. The fourth-order valence-electron chi connectivity index (χ4n) is 1.30. The van der Waals surface area contributed by atoms with Crippen LogP contribution in [0.3, 0.4) is 0 Å². The molecule has 0 aromatic heterocycles. The quantitative estimate of drug-likeness (QED) is 0.603. The maximum Gasteiger partial charge on any atom is 0.376 e. The molecule has 0 aliphatic carbocycles. The molecule has 0 heterocycles. The van der Waals surface area contributed by atoms with Crippen LogP contribution in [0.1, 0.15) is 23.2 Å². The molecule has 6 heteroatoms. The molecule has 0 fully saturated rings. The Morgan fingerprint density at radius 2 is 1.78 bits per heavy atom. The van der Waals surface area contributed by atoms with E-state index in [9.17, 15) is 22.8 Å². The lowest BCUT2D eigenvalue weighted by molar-refractivity contribution is -0.169. The lowest BCUT2D eigenvalue weighted by atomic mass is 10.0. The Morgan fingerprint density at radius 1 is 1.22 bits per heavy atom. The zero-order valence-electron chi connectivity index (χ0n) is 9.58. The minimum atomic E-state index is -3.69. The first kappa shape index (κ1) is 14.2. The van der Waals surface area contributed by atoms with Crippen LogP contribution in [0.25, 0.3) is 0 Å². The summed E-state index contributed by atoms with van der Waals surface area (Å²) in [6.45, 7) is 0. The van der Waals surface area contributed by atoms with E-state index in [2.05, 4.69) is 4.74 Å². The standard InChI is InChI=1S/C12H11F3O3/c1-18-11(17)12(14,15)7-6-10(16)8-2-4-9(13)5-3-8/h2-5H,6-7H2,1H3. The molecule has 0 atom stereocenters. The van der Waals surface area contributed by atoms with Crippen molar-refractivity contribution < 1.29 is 27.5 Å². The molecule has 0 bridgehead atoms. The van der Waals surface area contributed by atoms with Crippen molar-refractivity contribution in [2.75, 3.05) is 7.11 Å². The second kappa shape index (κ2) is 5.66. The summed E-state index contributed by atoms with van der Waals surface area (Å²) in [4.78, 5) is 22.2. The highest BCUT2D eigenvalue weighted by Gasteiger charge is 2.40. The number of carbonyl (C=O) groups excluding carboxylic acids is 2. The smallest absolute Gasteiger partial charge is 0.376 e. The van der Waals surface area contributed by atoms with Crippen molar-refractivity contribution in [3.05, 3.63) is 35.6 Å². The first-order valence-electron chi connectivity index (χ1n) is 5.12. The molecule has 98 valence electrons. The molecule has 0 spiro atoms. The van der Waals surface area contributed by atoms with Crippen LogP contribution in [0.4, 0.5) is 13.2 Å². The van der Waals surface area contributed by atoms with Gasteiger partial charge in [-0.2, -0.15) is 8.78 Å². The number of esters is 1. The third kappa shape index (κ3) is 3.58.